The number of alkyl halides is 3. The van der Waals surface area contributed by atoms with Gasteiger partial charge in [-0.3, -0.25) is 9.69 Å². The molecule has 2 saturated carbocycles. The summed E-state index contributed by atoms with van der Waals surface area (Å²) in [5.41, 5.74) is -0.953. The van der Waals surface area contributed by atoms with E-state index in [4.69, 9.17) is 0 Å². The highest BCUT2D eigenvalue weighted by molar-refractivity contribution is 7.92. The van der Waals surface area contributed by atoms with Gasteiger partial charge in [-0.25, -0.2) is 8.42 Å². The Bertz CT molecular complexity index is 859. The van der Waals surface area contributed by atoms with E-state index in [-0.39, 0.29) is 29.4 Å². The van der Waals surface area contributed by atoms with Crippen molar-refractivity contribution >= 4 is 15.7 Å². The van der Waals surface area contributed by atoms with Gasteiger partial charge < -0.3 is 5.32 Å². The van der Waals surface area contributed by atoms with Crippen molar-refractivity contribution in [3.63, 3.8) is 0 Å². The molecule has 0 radical (unpaired) electrons. The van der Waals surface area contributed by atoms with Gasteiger partial charge in [0.1, 0.15) is 0 Å². The first-order valence-electron chi connectivity index (χ1n) is 11.0. The van der Waals surface area contributed by atoms with E-state index in [1.807, 2.05) is 11.9 Å². The molecule has 1 N–H and O–H groups in total. The molecule has 0 unspecified atom stereocenters. The number of nitrogens with one attached hydrogen (secondary N) is 1. The van der Waals surface area contributed by atoms with Crippen LogP contribution < -0.4 is 5.32 Å². The van der Waals surface area contributed by atoms with Crippen molar-refractivity contribution in [3.8, 4) is 0 Å². The molecule has 0 aromatic heterocycles. The van der Waals surface area contributed by atoms with Crippen molar-refractivity contribution in [2.75, 3.05) is 13.6 Å². The zero-order chi connectivity index (χ0) is 22.6. The van der Waals surface area contributed by atoms with E-state index < -0.39 is 26.8 Å². The van der Waals surface area contributed by atoms with Crippen molar-refractivity contribution in [2.24, 2.45) is 0 Å². The smallest absolute Gasteiger partial charge is 0.352 e. The van der Waals surface area contributed by atoms with Gasteiger partial charge in [-0.05, 0) is 63.8 Å². The minimum atomic E-state index is -4.58. The lowest BCUT2D eigenvalue weighted by atomic mass is 9.94. The van der Waals surface area contributed by atoms with Crippen LogP contribution in [0.5, 0.6) is 0 Å². The molecule has 2 aliphatic rings. The number of benzene rings is 1. The standard InChI is InChI=1S/C22H31F3N2O3S/c1-27(15-21(28)26-17-7-3-2-4-8-17)18-10-12-19(13-11-18)31(29,30)20-9-5-6-16(14-20)22(23,24)25/h5-6,9,14,17-19H,2-4,7-8,10-13,15H2,1H3,(H,26,28). The molecule has 0 bridgehead atoms. The molecular weight excluding hydrogens is 429 g/mol. The van der Waals surface area contributed by atoms with Crippen LogP contribution in [0.25, 0.3) is 0 Å². The van der Waals surface area contributed by atoms with E-state index in [2.05, 4.69) is 5.32 Å². The van der Waals surface area contributed by atoms with Crippen molar-refractivity contribution < 1.29 is 26.4 Å². The van der Waals surface area contributed by atoms with Gasteiger partial charge in [0.25, 0.3) is 0 Å². The minimum absolute atomic E-state index is 0.00638. The van der Waals surface area contributed by atoms with Gasteiger partial charge >= 0.3 is 6.18 Å². The predicted molar refractivity (Wildman–Crippen MR) is 112 cm³/mol. The maximum atomic E-state index is 13.0. The molecule has 1 aromatic rings. The summed E-state index contributed by atoms with van der Waals surface area (Å²) in [7, 11) is -1.97. The molecule has 2 aliphatic carbocycles. The Hall–Kier alpha value is -1.61. The van der Waals surface area contributed by atoms with Crippen molar-refractivity contribution in [2.45, 2.75) is 86.2 Å². The summed E-state index contributed by atoms with van der Waals surface area (Å²) in [4.78, 5) is 14.0. The number of hydrogen-bond donors (Lipinski definition) is 1. The average Bonchev–Trinajstić information content (AvgIpc) is 2.74. The first kappa shape index (κ1) is 24.0. The number of halogens is 3. The zero-order valence-electron chi connectivity index (χ0n) is 17.8. The van der Waals surface area contributed by atoms with Crippen LogP contribution in [-0.4, -0.2) is 50.2 Å². The van der Waals surface area contributed by atoms with E-state index >= 15 is 0 Å². The molecular formula is C22H31F3N2O3S. The molecule has 1 amide bonds. The topological polar surface area (TPSA) is 66.5 Å². The van der Waals surface area contributed by atoms with E-state index in [1.165, 1.54) is 12.5 Å². The van der Waals surface area contributed by atoms with Crippen LogP contribution >= 0.6 is 0 Å². The summed E-state index contributed by atoms with van der Waals surface area (Å²) in [5, 5.41) is 2.39. The number of carbonyl (C=O) groups excluding carboxylic acids is 1. The van der Waals surface area contributed by atoms with Crippen LogP contribution in [0, 0.1) is 0 Å². The third-order valence-corrected chi connectivity index (χ3v) is 8.82. The highest BCUT2D eigenvalue weighted by atomic mass is 32.2. The maximum absolute atomic E-state index is 13.0. The quantitative estimate of drug-likeness (QED) is 0.692. The molecule has 3 rings (SSSR count). The van der Waals surface area contributed by atoms with Gasteiger partial charge in [0.2, 0.25) is 5.91 Å². The highest BCUT2D eigenvalue weighted by Crippen LogP contribution is 2.34. The first-order valence-corrected chi connectivity index (χ1v) is 12.5. The van der Waals surface area contributed by atoms with Gasteiger partial charge in [0, 0.05) is 12.1 Å². The lowest BCUT2D eigenvalue weighted by Crippen LogP contribution is -2.46. The van der Waals surface area contributed by atoms with Gasteiger partial charge in [-0.2, -0.15) is 13.2 Å². The number of carbonyl (C=O) groups is 1. The van der Waals surface area contributed by atoms with Gasteiger partial charge in [0.15, 0.2) is 9.84 Å². The molecule has 1 aromatic carbocycles. The van der Waals surface area contributed by atoms with Crippen LogP contribution in [0.4, 0.5) is 13.2 Å². The Morgan fingerprint density at radius 1 is 1.06 bits per heavy atom. The fraction of sp³-hybridized carbons (Fsp3) is 0.682. The Balaban J connectivity index is 1.54. The first-order chi connectivity index (χ1) is 14.6. The van der Waals surface area contributed by atoms with Crippen molar-refractivity contribution in [1.29, 1.82) is 0 Å². The Morgan fingerprint density at radius 2 is 1.71 bits per heavy atom. The van der Waals surface area contributed by atoms with E-state index in [1.54, 1.807) is 0 Å². The Morgan fingerprint density at radius 3 is 2.32 bits per heavy atom. The van der Waals surface area contributed by atoms with Crippen LogP contribution in [0.1, 0.15) is 63.4 Å². The molecule has 174 valence electrons. The second kappa shape index (κ2) is 9.90. The summed E-state index contributed by atoms with van der Waals surface area (Å²) >= 11 is 0. The Kier molecular flexibility index (Phi) is 7.68. The van der Waals surface area contributed by atoms with E-state index in [0.717, 1.165) is 43.9 Å². The van der Waals surface area contributed by atoms with Crippen LogP contribution in [-0.2, 0) is 20.8 Å². The fourth-order valence-electron chi connectivity index (χ4n) is 4.71. The number of rotatable bonds is 6. The third kappa shape index (κ3) is 6.22. The van der Waals surface area contributed by atoms with Crippen LogP contribution in [0.2, 0.25) is 0 Å². The summed E-state index contributed by atoms with van der Waals surface area (Å²) < 4.78 is 64.7. The molecule has 0 saturated heterocycles. The van der Waals surface area contributed by atoms with Crippen LogP contribution in [0.15, 0.2) is 29.2 Å². The summed E-state index contributed by atoms with van der Waals surface area (Å²) in [5.74, 6) is -0.00638. The van der Waals surface area contributed by atoms with Crippen LogP contribution in [0.3, 0.4) is 0 Å². The summed E-state index contributed by atoms with van der Waals surface area (Å²) in [6, 6.07) is 4.32. The molecule has 31 heavy (non-hydrogen) atoms. The van der Waals surface area contributed by atoms with Gasteiger partial charge in [-0.15, -0.1) is 0 Å². The normalized spacial score (nSPS) is 23.6. The highest BCUT2D eigenvalue weighted by Gasteiger charge is 2.36. The SMILES string of the molecule is CN(CC(=O)NC1CCCCC1)C1CCC(S(=O)(=O)c2cccc(C(F)(F)F)c2)CC1. The maximum Gasteiger partial charge on any atom is 0.416 e. The number of likely N-dealkylation sites (N-methyl/N-ethyl adjacent to an activating group) is 1. The van der Waals surface area contributed by atoms with E-state index in [9.17, 15) is 26.4 Å². The molecule has 5 nitrogen and oxygen atoms in total. The van der Waals surface area contributed by atoms with Gasteiger partial charge in [0.05, 0.1) is 22.3 Å². The molecule has 0 aliphatic heterocycles. The second-order valence-corrected chi connectivity index (χ2v) is 11.0. The predicted octanol–water partition coefficient (Wildman–Crippen LogP) is 4.17. The Labute approximate surface area is 182 Å². The molecule has 2 fully saturated rings. The zero-order valence-corrected chi connectivity index (χ0v) is 18.6. The van der Waals surface area contributed by atoms with Crippen molar-refractivity contribution in [3.05, 3.63) is 29.8 Å². The molecule has 0 heterocycles. The minimum Gasteiger partial charge on any atom is -0.352 e. The average molecular weight is 461 g/mol. The van der Waals surface area contributed by atoms with Gasteiger partial charge in [-0.1, -0.05) is 25.3 Å². The molecule has 0 spiro atoms. The second-order valence-electron chi connectivity index (χ2n) is 8.82. The largest absolute Gasteiger partial charge is 0.416 e. The summed E-state index contributed by atoms with van der Waals surface area (Å²) in [6.07, 6.45) is 2.91. The number of sulfone groups is 1. The monoisotopic (exact) mass is 460 g/mol. The summed E-state index contributed by atoms with van der Waals surface area (Å²) in [6.45, 7) is 0.270. The number of nitrogens with zero attached hydrogens (tertiary/aromatic N) is 1. The fourth-order valence-corrected chi connectivity index (χ4v) is 6.55. The lowest BCUT2D eigenvalue weighted by molar-refractivity contribution is -0.137. The van der Waals surface area contributed by atoms with E-state index in [0.29, 0.717) is 25.7 Å². The van der Waals surface area contributed by atoms with Crippen molar-refractivity contribution in [1.82, 2.24) is 10.2 Å². The number of hydrogen-bond acceptors (Lipinski definition) is 4. The molecule has 0 atom stereocenters. The lowest BCUT2D eigenvalue weighted by Gasteiger charge is -2.34. The molecule has 9 heteroatoms. The third-order valence-electron chi connectivity index (χ3n) is 6.56. The number of amides is 1.